The van der Waals surface area contributed by atoms with E-state index in [9.17, 15) is 0 Å². The number of nitrogens with one attached hydrogen (secondary N) is 1. The summed E-state index contributed by atoms with van der Waals surface area (Å²) in [6.45, 7) is 4.68. The summed E-state index contributed by atoms with van der Waals surface area (Å²) in [5, 5.41) is 5.95. The van der Waals surface area contributed by atoms with Crippen molar-refractivity contribution in [2.75, 3.05) is 26.2 Å². The first-order valence-corrected chi connectivity index (χ1v) is 9.50. The molecule has 2 fully saturated rings. The molecular weight excluding hydrogens is 349 g/mol. The second kappa shape index (κ2) is 8.02. The molecule has 0 unspecified atom stereocenters. The van der Waals surface area contributed by atoms with E-state index in [1.807, 2.05) is 18.2 Å². The van der Waals surface area contributed by atoms with Gasteiger partial charge < -0.3 is 10.2 Å². The molecule has 1 N–H and O–H groups in total. The summed E-state index contributed by atoms with van der Waals surface area (Å²) in [7, 11) is 0. The molecule has 2 aliphatic rings. The molecule has 23 heavy (non-hydrogen) atoms. The van der Waals surface area contributed by atoms with E-state index >= 15 is 0 Å². The van der Waals surface area contributed by atoms with Crippen LogP contribution >= 0.6 is 35.4 Å². The van der Waals surface area contributed by atoms with Gasteiger partial charge in [-0.2, -0.15) is 0 Å². The third-order valence-corrected chi connectivity index (χ3v) is 5.87. The van der Waals surface area contributed by atoms with Crippen LogP contribution in [0.1, 0.15) is 31.2 Å². The maximum absolute atomic E-state index is 6.27. The molecule has 1 aliphatic heterocycles. The highest BCUT2D eigenvalue weighted by molar-refractivity contribution is 7.80. The average Bonchev–Trinajstić information content (AvgIpc) is 3.04. The Kier molecular flexibility index (Phi) is 6.02. The smallest absolute Gasteiger partial charge is 0.169 e. The van der Waals surface area contributed by atoms with Gasteiger partial charge in [-0.15, -0.1) is 0 Å². The lowest BCUT2D eigenvalue weighted by Crippen LogP contribution is -2.52. The van der Waals surface area contributed by atoms with Gasteiger partial charge in [0, 0.05) is 54.4 Å². The molecule has 6 heteroatoms. The summed E-state index contributed by atoms with van der Waals surface area (Å²) >= 11 is 18.1. The number of benzene rings is 1. The number of piperazine rings is 1. The Morgan fingerprint density at radius 3 is 2.30 bits per heavy atom. The van der Waals surface area contributed by atoms with Gasteiger partial charge in [0.1, 0.15) is 0 Å². The fourth-order valence-electron chi connectivity index (χ4n) is 3.35. The molecule has 0 amide bonds. The van der Waals surface area contributed by atoms with Crippen LogP contribution in [0, 0.1) is 0 Å². The SMILES string of the molecule is S=C(NC1CCCC1)N1CCN(Cc2c(Cl)cccc2Cl)CC1. The molecule has 0 spiro atoms. The quantitative estimate of drug-likeness (QED) is 0.810. The molecular formula is C17H23Cl2N3S. The second-order valence-electron chi connectivity index (χ2n) is 6.39. The summed E-state index contributed by atoms with van der Waals surface area (Å²) in [6, 6.07) is 6.28. The van der Waals surface area contributed by atoms with E-state index in [0.717, 1.165) is 53.4 Å². The molecule has 3 nitrogen and oxygen atoms in total. The van der Waals surface area contributed by atoms with E-state index in [4.69, 9.17) is 35.4 Å². The van der Waals surface area contributed by atoms with Crippen molar-refractivity contribution < 1.29 is 0 Å². The normalized spacial score (nSPS) is 20.0. The highest BCUT2D eigenvalue weighted by atomic mass is 35.5. The number of halogens is 2. The summed E-state index contributed by atoms with van der Waals surface area (Å²) in [5.74, 6) is 0. The van der Waals surface area contributed by atoms with E-state index in [0.29, 0.717) is 6.04 Å². The fraction of sp³-hybridized carbons (Fsp3) is 0.588. The maximum atomic E-state index is 6.27. The Hall–Kier alpha value is -0.550. The fourth-order valence-corrected chi connectivity index (χ4v) is 4.22. The number of nitrogens with zero attached hydrogens (tertiary/aromatic N) is 2. The van der Waals surface area contributed by atoms with Crippen molar-refractivity contribution >= 4 is 40.5 Å². The largest absolute Gasteiger partial charge is 0.360 e. The van der Waals surface area contributed by atoms with Crippen LogP contribution in [0.2, 0.25) is 10.0 Å². The van der Waals surface area contributed by atoms with Gasteiger partial charge in [0.05, 0.1) is 0 Å². The van der Waals surface area contributed by atoms with Crippen molar-refractivity contribution in [2.24, 2.45) is 0 Å². The Morgan fingerprint density at radius 2 is 1.70 bits per heavy atom. The van der Waals surface area contributed by atoms with Crippen molar-refractivity contribution in [3.05, 3.63) is 33.8 Å². The predicted octanol–water partition coefficient (Wildman–Crippen LogP) is 3.93. The van der Waals surface area contributed by atoms with Gasteiger partial charge in [0.25, 0.3) is 0 Å². The van der Waals surface area contributed by atoms with Crippen LogP contribution in [0.3, 0.4) is 0 Å². The molecule has 1 aromatic rings. The highest BCUT2D eigenvalue weighted by Gasteiger charge is 2.23. The van der Waals surface area contributed by atoms with E-state index in [1.165, 1.54) is 25.7 Å². The summed E-state index contributed by atoms with van der Waals surface area (Å²) in [4.78, 5) is 4.68. The molecule has 0 atom stereocenters. The zero-order chi connectivity index (χ0) is 16.2. The molecule has 1 heterocycles. The lowest BCUT2D eigenvalue weighted by Gasteiger charge is -2.37. The topological polar surface area (TPSA) is 18.5 Å². The summed E-state index contributed by atoms with van der Waals surface area (Å²) < 4.78 is 0. The zero-order valence-electron chi connectivity index (χ0n) is 13.2. The van der Waals surface area contributed by atoms with Crippen LogP contribution < -0.4 is 5.32 Å². The van der Waals surface area contributed by atoms with Gasteiger partial charge in [0.15, 0.2) is 5.11 Å². The van der Waals surface area contributed by atoms with Crippen LogP contribution in [0.4, 0.5) is 0 Å². The third-order valence-electron chi connectivity index (χ3n) is 4.79. The lowest BCUT2D eigenvalue weighted by atomic mass is 10.2. The average molecular weight is 372 g/mol. The van der Waals surface area contributed by atoms with Crippen LogP contribution in [0.5, 0.6) is 0 Å². The molecule has 0 bridgehead atoms. The molecule has 1 aliphatic carbocycles. The first kappa shape index (κ1) is 17.3. The lowest BCUT2D eigenvalue weighted by molar-refractivity contribution is 0.174. The molecule has 3 rings (SSSR count). The van der Waals surface area contributed by atoms with Gasteiger partial charge in [0.2, 0.25) is 0 Å². The monoisotopic (exact) mass is 371 g/mol. The van der Waals surface area contributed by atoms with Gasteiger partial charge in [-0.1, -0.05) is 42.1 Å². The van der Waals surface area contributed by atoms with Crippen molar-refractivity contribution in [1.29, 1.82) is 0 Å². The van der Waals surface area contributed by atoms with Crippen LogP contribution in [0.15, 0.2) is 18.2 Å². The minimum atomic E-state index is 0.586. The molecule has 0 aromatic heterocycles. The summed E-state index contributed by atoms with van der Waals surface area (Å²) in [5.41, 5.74) is 1.02. The number of thiocarbonyl (C=S) groups is 1. The molecule has 1 saturated heterocycles. The molecule has 126 valence electrons. The highest BCUT2D eigenvalue weighted by Crippen LogP contribution is 2.26. The zero-order valence-corrected chi connectivity index (χ0v) is 15.6. The first-order chi connectivity index (χ1) is 11.1. The second-order valence-corrected chi connectivity index (χ2v) is 7.60. The number of hydrogen-bond acceptors (Lipinski definition) is 2. The van der Waals surface area contributed by atoms with E-state index in [1.54, 1.807) is 0 Å². The Balaban J connectivity index is 1.49. The Morgan fingerprint density at radius 1 is 1.09 bits per heavy atom. The van der Waals surface area contributed by atoms with Gasteiger partial charge in [-0.3, -0.25) is 4.90 Å². The van der Waals surface area contributed by atoms with E-state index in [2.05, 4.69) is 15.1 Å². The van der Waals surface area contributed by atoms with Gasteiger partial charge in [-0.05, 0) is 37.2 Å². The number of hydrogen-bond donors (Lipinski definition) is 1. The van der Waals surface area contributed by atoms with E-state index in [-0.39, 0.29) is 0 Å². The van der Waals surface area contributed by atoms with Crippen molar-refractivity contribution in [1.82, 2.24) is 15.1 Å². The van der Waals surface area contributed by atoms with Gasteiger partial charge in [-0.25, -0.2) is 0 Å². The van der Waals surface area contributed by atoms with Crippen molar-refractivity contribution in [2.45, 2.75) is 38.3 Å². The minimum absolute atomic E-state index is 0.586. The van der Waals surface area contributed by atoms with Gasteiger partial charge >= 0.3 is 0 Å². The van der Waals surface area contributed by atoms with Crippen LogP contribution in [-0.2, 0) is 6.54 Å². The predicted molar refractivity (Wildman–Crippen MR) is 101 cm³/mol. The Labute approximate surface area is 153 Å². The maximum Gasteiger partial charge on any atom is 0.169 e. The minimum Gasteiger partial charge on any atom is -0.360 e. The van der Waals surface area contributed by atoms with Crippen molar-refractivity contribution in [3.8, 4) is 0 Å². The van der Waals surface area contributed by atoms with Crippen LogP contribution in [-0.4, -0.2) is 47.1 Å². The van der Waals surface area contributed by atoms with E-state index < -0.39 is 0 Å². The summed E-state index contributed by atoms with van der Waals surface area (Å²) in [6.07, 6.45) is 5.16. The molecule has 0 radical (unpaired) electrons. The molecule has 1 aromatic carbocycles. The standard InChI is InChI=1S/C17H23Cl2N3S/c18-15-6-3-7-16(19)14(15)12-21-8-10-22(11-9-21)17(23)20-13-4-1-2-5-13/h3,6-7,13H,1-2,4-5,8-12H2,(H,20,23). The number of rotatable bonds is 3. The third kappa shape index (κ3) is 4.50. The van der Waals surface area contributed by atoms with Crippen molar-refractivity contribution in [3.63, 3.8) is 0 Å². The first-order valence-electron chi connectivity index (χ1n) is 8.34. The Bertz CT molecular complexity index is 533. The molecule has 1 saturated carbocycles. The van der Waals surface area contributed by atoms with Crippen LogP contribution in [0.25, 0.3) is 0 Å².